The molecule has 1 aliphatic heterocycles. The first kappa shape index (κ1) is 42.3. The SMILES string of the molecule is C=CC(=O)OC(C)(C)CC(C)(C)Oc1ccc(C(=O)Oc2ccc(OC(=O)c3ccc(OC(C)(C)C)cc3)c(/C=N/NC3=CC(CC)c4ccccc4S3)c2)cc1. The van der Waals surface area contributed by atoms with Crippen molar-refractivity contribution in [2.45, 2.75) is 95.8 Å². The number of benzene rings is 4. The number of hydrogen-bond acceptors (Lipinski definition) is 11. The minimum Gasteiger partial charge on any atom is -0.488 e. The summed E-state index contributed by atoms with van der Waals surface area (Å²) in [5.41, 5.74) is 3.54. The van der Waals surface area contributed by atoms with Crippen molar-refractivity contribution in [3.63, 3.8) is 0 Å². The van der Waals surface area contributed by atoms with Gasteiger partial charge in [-0.25, -0.2) is 14.4 Å². The molecule has 4 aromatic carbocycles. The Morgan fingerprint density at radius 3 is 1.98 bits per heavy atom. The van der Waals surface area contributed by atoms with Gasteiger partial charge >= 0.3 is 17.9 Å². The lowest BCUT2D eigenvalue weighted by molar-refractivity contribution is -0.154. The third-order valence-electron chi connectivity index (χ3n) is 8.50. The van der Waals surface area contributed by atoms with Crippen LogP contribution in [0.5, 0.6) is 23.0 Å². The number of rotatable bonds is 15. The van der Waals surface area contributed by atoms with Crippen molar-refractivity contribution < 1.29 is 38.1 Å². The molecule has 1 N–H and O–H groups in total. The number of fused-ring (bicyclic) bond motifs is 1. The van der Waals surface area contributed by atoms with Gasteiger partial charge in [-0.3, -0.25) is 5.43 Å². The number of carbonyl (C=O) groups is 3. The zero-order valence-corrected chi connectivity index (χ0v) is 34.5. The maximum absolute atomic E-state index is 13.3. The summed E-state index contributed by atoms with van der Waals surface area (Å²) >= 11 is 1.59. The minimum atomic E-state index is -0.796. The summed E-state index contributed by atoms with van der Waals surface area (Å²) in [6, 6.07) is 26.3. The molecule has 5 rings (SSSR count). The first-order chi connectivity index (χ1) is 26.9. The Balaban J connectivity index is 1.32. The van der Waals surface area contributed by atoms with Crippen LogP contribution >= 0.6 is 11.8 Å². The van der Waals surface area contributed by atoms with Crippen molar-refractivity contribution >= 4 is 35.9 Å². The van der Waals surface area contributed by atoms with Crippen LogP contribution in [0.2, 0.25) is 0 Å². The topological polar surface area (TPSA) is 122 Å². The van der Waals surface area contributed by atoms with Gasteiger partial charge in [-0.2, -0.15) is 5.10 Å². The van der Waals surface area contributed by atoms with Gasteiger partial charge in [0.25, 0.3) is 0 Å². The Labute approximate surface area is 339 Å². The van der Waals surface area contributed by atoms with E-state index < -0.39 is 29.1 Å². The molecule has 0 saturated carbocycles. The zero-order valence-electron chi connectivity index (χ0n) is 33.7. The summed E-state index contributed by atoms with van der Waals surface area (Å²) in [5.74, 6) is 0.142. The number of hydrogen-bond donors (Lipinski definition) is 1. The molecular formula is C46H50N2O8S. The molecule has 0 aliphatic carbocycles. The molecule has 0 radical (unpaired) electrons. The summed E-state index contributed by atoms with van der Waals surface area (Å²) in [6.07, 6.45) is 6.14. The molecule has 1 aliphatic rings. The molecule has 0 bridgehead atoms. The molecule has 0 saturated heterocycles. The predicted octanol–water partition coefficient (Wildman–Crippen LogP) is 10.4. The lowest BCUT2D eigenvalue weighted by Gasteiger charge is -2.34. The normalized spacial score (nSPS) is 14.2. The monoisotopic (exact) mass is 790 g/mol. The van der Waals surface area contributed by atoms with Crippen LogP contribution in [0.25, 0.3) is 0 Å². The maximum atomic E-state index is 13.3. The molecule has 0 fully saturated rings. The van der Waals surface area contributed by atoms with E-state index in [1.807, 2.05) is 46.8 Å². The lowest BCUT2D eigenvalue weighted by atomic mass is 9.92. The van der Waals surface area contributed by atoms with Gasteiger partial charge in [0.2, 0.25) is 0 Å². The second-order valence-electron chi connectivity index (χ2n) is 15.7. The van der Waals surface area contributed by atoms with E-state index in [0.717, 1.165) is 22.4 Å². The Hall–Kier alpha value is -5.81. The van der Waals surface area contributed by atoms with E-state index in [0.29, 0.717) is 34.6 Å². The molecule has 1 atom stereocenters. The van der Waals surface area contributed by atoms with Crippen LogP contribution in [0.4, 0.5) is 0 Å². The molecule has 0 spiro atoms. The Morgan fingerprint density at radius 2 is 1.37 bits per heavy atom. The fraction of sp³-hybridized carbons (Fsp3) is 0.304. The van der Waals surface area contributed by atoms with Gasteiger partial charge in [-0.1, -0.05) is 43.5 Å². The van der Waals surface area contributed by atoms with E-state index in [2.05, 4.69) is 42.2 Å². The largest absolute Gasteiger partial charge is 0.488 e. The molecule has 57 heavy (non-hydrogen) atoms. The number of esters is 3. The summed E-state index contributed by atoms with van der Waals surface area (Å²) in [7, 11) is 0. The smallest absolute Gasteiger partial charge is 0.343 e. The van der Waals surface area contributed by atoms with Crippen molar-refractivity contribution in [1.29, 1.82) is 0 Å². The standard InChI is InChI=1S/C46H50N2O8S/c1-10-30-27-40(57-39-15-13-12-14-37(30)39)48-47-28-33-26-36(24-25-38(33)53-43(51)32-16-20-34(21-17-32)54-44(3,4)5)52-42(50)31-18-22-35(23-19-31)55-45(6,7)29-46(8,9)56-41(49)11-2/h11-28,30,48H,2,10,29H2,1,3-9H3/b47-28+. The number of ether oxygens (including phenoxy) is 5. The van der Waals surface area contributed by atoms with Crippen molar-refractivity contribution in [2.24, 2.45) is 5.10 Å². The van der Waals surface area contributed by atoms with E-state index in [-0.39, 0.29) is 23.0 Å². The second-order valence-corrected chi connectivity index (χ2v) is 16.8. The highest BCUT2D eigenvalue weighted by Crippen LogP contribution is 2.40. The average Bonchev–Trinajstić information content (AvgIpc) is 3.14. The third kappa shape index (κ3) is 12.3. The molecular weight excluding hydrogens is 741 g/mol. The number of allylic oxidation sites excluding steroid dienone is 1. The van der Waals surface area contributed by atoms with Crippen molar-refractivity contribution in [2.75, 3.05) is 0 Å². The summed E-state index contributed by atoms with van der Waals surface area (Å²) in [4.78, 5) is 39.5. The average molecular weight is 791 g/mol. The van der Waals surface area contributed by atoms with E-state index in [1.54, 1.807) is 92.3 Å². The maximum Gasteiger partial charge on any atom is 0.343 e. The highest BCUT2D eigenvalue weighted by atomic mass is 32.2. The van der Waals surface area contributed by atoms with Crippen LogP contribution in [0, 0.1) is 0 Å². The predicted molar refractivity (Wildman–Crippen MR) is 223 cm³/mol. The van der Waals surface area contributed by atoms with E-state index in [1.165, 1.54) is 11.8 Å². The molecule has 1 unspecified atom stereocenters. The van der Waals surface area contributed by atoms with Crippen LogP contribution in [-0.2, 0) is 9.53 Å². The first-order valence-corrected chi connectivity index (χ1v) is 19.5. The number of hydrazone groups is 1. The van der Waals surface area contributed by atoms with Crippen molar-refractivity contribution in [3.8, 4) is 23.0 Å². The van der Waals surface area contributed by atoms with E-state index in [4.69, 9.17) is 23.7 Å². The van der Waals surface area contributed by atoms with Gasteiger partial charge in [0.15, 0.2) is 0 Å². The molecule has 298 valence electrons. The number of nitrogens with one attached hydrogen (secondary N) is 1. The number of carbonyl (C=O) groups excluding carboxylic acids is 3. The number of nitrogens with zero attached hydrogens (tertiary/aromatic N) is 1. The van der Waals surface area contributed by atoms with E-state index >= 15 is 0 Å². The molecule has 0 aromatic heterocycles. The highest BCUT2D eigenvalue weighted by molar-refractivity contribution is 8.03. The van der Waals surface area contributed by atoms with Gasteiger partial charge in [0, 0.05) is 28.9 Å². The van der Waals surface area contributed by atoms with Crippen LogP contribution < -0.4 is 24.4 Å². The first-order valence-electron chi connectivity index (χ1n) is 18.7. The molecule has 1 heterocycles. The zero-order chi connectivity index (χ0) is 41.4. The Bertz CT molecular complexity index is 2150. The van der Waals surface area contributed by atoms with Crippen LogP contribution in [-0.4, -0.2) is 40.9 Å². The second kappa shape index (κ2) is 18.0. The number of thioether (sulfide) groups is 1. The van der Waals surface area contributed by atoms with Crippen molar-refractivity contribution in [3.05, 3.63) is 137 Å². The molecule has 10 nitrogen and oxygen atoms in total. The van der Waals surface area contributed by atoms with E-state index in [9.17, 15) is 14.4 Å². The Morgan fingerprint density at radius 1 is 0.772 bits per heavy atom. The van der Waals surface area contributed by atoms with Crippen molar-refractivity contribution in [1.82, 2.24) is 5.43 Å². The van der Waals surface area contributed by atoms with Gasteiger partial charge in [0.05, 0.1) is 22.4 Å². The lowest BCUT2D eigenvalue weighted by Crippen LogP contribution is -2.40. The van der Waals surface area contributed by atoms with Gasteiger partial charge in [-0.15, -0.1) is 0 Å². The minimum absolute atomic E-state index is 0.217. The highest BCUT2D eigenvalue weighted by Gasteiger charge is 2.33. The van der Waals surface area contributed by atoms with Crippen LogP contribution in [0.15, 0.2) is 125 Å². The summed E-state index contributed by atoms with van der Waals surface area (Å²) in [6.45, 7) is 18.8. The van der Waals surface area contributed by atoms with Gasteiger partial charge in [0.1, 0.15) is 39.8 Å². The fourth-order valence-electron chi connectivity index (χ4n) is 6.38. The van der Waals surface area contributed by atoms with Crippen LogP contribution in [0.1, 0.15) is 106 Å². The quantitative estimate of drug-likeness (QED) is 0.0409. The van der Waals surface area contributed by atoms with Crippen LogP contribution in [0.3, 0.4) is 0 Å². The van der Waals surface area contributed by atoms with Gasteiger partial charge < -0.3 is 23.7 Å². The molecule has 11 heteroatoms. The summed E-state index contributed by atoms with van der Waals surface area (Å²) < 4.78 is 29.2. The molecule has 4 aromatic rings. The Kier molecular flexibility index (Phi) is 13.4. The van der Waals surface area contributed by atoms with Gasteiger partial charge in [-0.05, 0) is 139 Å². The fourth-order valence-corrected chi connectivity index (χ4v) is 7.43. The molecule has 0 amide bonds. The third-order valence-corrected chi connectivity index (χ3v) is 9.54. The summed E-state index contributed by atoms with van der Waals surface area (Å²) in [5, 5.41) is 5.36.